The number of anilines is 1. The Kier molecular flexibility index (Phi) is 6.45. The van der Waals surface area contributed by atoms with Gasteiger partial charge >= 0.3 is 5.82 Å². The molecule has 4 bridgehead atoms. The SMILES string of the molecule is CCn1ncc(NC(=O)CC23CC4CC(C2)CC(n2nc([N+](=O)[O-])c(Cl)c2C)(C4)C3)c1C(=O)N1CCOCC1. The van der Waals surface area contributed by atoms with Crippen molar-refractivity contribution in [3.8, 4) is 0 Å². The van der Waals surface area contributed by atoms with E-state index in [4.69, 9.17) is 16.3 Å². The fourth-order valence-electron chi connectivity index (χ4n) is 8.30. The van der Waals surface area contributed by atoms with Crippen molar-refractivity contribution in [2.24, 2.45) is 17.3 Å². The average Bonchev–Trinajstić information content (AvgIpc) is 3.43. The van der Waals surface area contributed by atoms with Gasteiger partial charge in [-0.1, -0.05) is 11.6 Å². The molecule has 4 aliphatic carbocycles. The van der Waals surface area contributed by atoms with Crippen LogP contribution in [0.5, 0.6) is 0 Å². The van der Waals surface area contributed by atoms with Crippen molar-refractivity contribution >= 4 is 34.9 Å². The Bertz CT molecular complexity index is 1320. The molecule has 3 heterocycles. The molecule has 1 saturated heterocycles. The van der Waals surface area contributed by atoms with Crippen LogP contribution in [0.3, 0.4) is 0 Å². The second kappa shape index (κ2) is 9.58. The number of ether oxygens (including phenoxy) is 1. The average molecular weight is 560 g/mol. The summed E-state index contributed by atoms with van der Waals surface area (Å²) in [5.74, 6) is 0.264. The quantitative estimate of drug-likeness (QED) is 0.402. The summed E-state index contributed by atoms with van der Waals surface area (Å²) in [6.45, 7) is 6.20. The Labute approximate surface area is 231 Å². The minimum Gasteiger partial charge on any atom is -0.378 e. The highest BCUT2D eigenvalue weighted by atomic mass is 35.5. The van der Waals surface area contributed by atoms with Crippen LogP contribution in [0.25, 0.3) is 0 Å². The third-order valence-electron chi connectivity index (χ3n) is 9.25. The number of hydrogen-bond donors (Lipinski definition) is 1. The molecule has 5 aliphatic rings. The van der Waals surface area contributed by atoms with Crippen molar-refractivity contribution in [3.05, 3.63) is 32.7 Å². The Balaban J connectivity index is 1.24. The first-order valence-corrected chi connectivity index (χ1v) is 14.1. The Morgan fingerprint density at radius 3 is 2.54 bits per heavy atom. The summed E-state index contributed by atoms with van der Waals surface area (Å²) in [5, 5.41) is 23.4. The molecular formula is C26H34ClN7O5. The summed E-state index contributed by atoms with van der Waals surface area (Å²) in [4.78, 5) is 39.7. The standard InChI is InChI=1S/C26H34ClN7O5/c1-3-32-22(24(36)31-4-6-39-7-5-31)19(14-28-32)29-20(35)13-25-9-17-8-18(10-25)12-26(11-17,15-25)33-16(2)21(27)23(30-33)34(37)38/h14,17-18H,3-13,15H2,1-2H3,(H,29,35). The molecule has 2 unspecified atom stereocenters. The zero-order valence-corrected chi connectivity index (χ0v) is 23.1. The first-order chi connectivity index (χ1) is 18.6. The van der Waals surface area contributed by atoms with Gasteiger partial charge in [-0.15, -0.1) is 0 Å². The van der Waals surface area contributed by atoms with Crippen LogP contribution in [0, 0.1) is 34.3 Å². The minimum absolute atomic E-state index is 0.0907. The number of amides is 2. The molecule has 7 rings (SSSR count). The number of nitrogens with zero attached hydrogens (tertiary/aromatic N) is 6. The molecule has 0 aromatic carbocycles. The van der Waals surface area contributed by atoms with Crippen molar-refractivity contribution in [1.82, 2.24) is 24.5 Å². The van der Waals surface area contributed by atoms with E-state index < -0.39 is 4.92 Å². The molecule has 210 valence electrons. The topological polar surface area (TPSA) is 137 Å². The molecule has 12 nitrogen and oxygen atoms in total. The maximum atomic E-state index is 13.6. The summed E-state index contributed by atoms with van der Waals surface area (Å²) >= 11 is 6.33. The molecule has 13 heteroatoms. The van der Waals surface area contributed by atoms with Gasteiger partial charge < -0.3 is 25.1 Å². The molecule has 0 radical (unpaired) electrons. The van der Waals surface area contributed by atoms with Gasteiger partial charge in [0.1, 0.15) is 5.69 Å². The summed E-state index contributed by atoms with van der Waals surface area (Å²) < 4.78 is 8.82. The summed E-state index contributed by atoms with van der Waals surface area (Å²) in [6, 6.07) is 0. The van der Waals surface area contributed by atoms with Gasteiger partial charge in [0.2, 0.25) is 5.91 Å². The van der Waals surface area contributed by atoms with Crippen molar-refractivity contribution in [3.63, 3.8) is 0 Å². The first-order valence-electron chi connectivity index (χ1n) is 13.8. The van der Waals surface area contributed by atoms with Gasteiger partial charge in [-0.25, -0.2) is 0 Å². The smallest absolute Gasteiger partial charge is 0.378 e. The molecule has 39 heavy (non-hydrogen) atoms. The van der Waals surface area contributed by atoms with E-state index in [0.717, 1.165) is 38.5 Å². The lowest BCUT2D eigenvalue weighted by atomic mass is 9.46. The third-order valence-corrected chi connectivity index (χ3v) is 9.69. The number of rotatable bonds is 7. The van der Waals surface area contributed by atoms with Crippen LogP contribution in [-0.2, 0) is 21.6 Å². The molecular weight excluding hydrogens is 526 g/mol. The number of aryl methyl sites for hydroxylation is 1. The summed E-state index contributed by atoms with van der Waals surface area (Å²) in [5.41, 5.74) is 0.829. The van der Waals surface area contributed by atoms with Crippen molar-refractivity contribution in [2.75, 3.05) is 31.6 Å². The Morgan fingerprint density at radius 1 is 1.23 bits per heavy atom. The number of nitrogens with one attached hydrogen (secondary N) is 1. The highest BCUT2D eigenvalue weighted by molar-refractivity contribution is 6.33. The number of nitro groups is 1. The van der Waals surface area contributed by atoms with Crippen molar-refractivity contribution in [2.45, 2.75) is 70.9 Å². The predicted octanol–water partition coefficient (Wildman–Crippen LogP) is 3.77. The van der Waals surface area contributed by atoms with E-state index in [1.165, 1.54) is 0 Å². The molecule has 1 N–H and O–H groups in total. The van der Waals surface area contributed by atoms with E-state index >= 15 is 0 Å². The van der Waals surface area contributed by atoms with E-state index in [1.807, 2.05) is 11.6 Å². The van der Waals surface area contributed by atoms with Crippen LogP contribution < -0.4 is 5.32 Å². The largest absolute Gasteiger partial charge is 0.408 e. The summed E-state index contributed by atoms with van der Waals surface area (Å²) in [6.07, 6.45) is 7.40. The van der Waals surface area contributed by atoms with E-state index in [2.05, 4.69) is 15.5 Å². The second-order valence-electron chi connectivity index (χ2n) is 11.9. The van der Waals surface area contributed by atoms with E-state index in [9.17, 15) is 19.7 Å². The van der Waals surface area contributed by atoms with Gasteiger partial charge in [0.25, 0.3) is 5.91 Å². The molecule has 4 saturated carbocycles. The molecule has 2 aromatic rings. The monoisotopic (exact) mass is 559 g/mol. The van der Waals surface area contributed by atoms with E-state index in [1.54, 1.807) is 22.7 Å². The summed E-state index contributed by atoms with van der Waals surface area (Å²) in [7, 11) is 0. The molecule has 0 spiro atoms. The Morgan fingerprint density at radius 2 is 1.92 bits per heavy atom. The van der Waals surface area contributed by atoms with Crippen LogP contribution >= 0.6 is 11.6 Å². The van der Waals surface area contributed by atoms with Gasteiger partial charge in [-0.3, -0.25) is 14.3 Å². The number of aromatic nitrogens is 4. The molecule has 2 amide bonds. The maximum absolute atomic E-state index is 13.6. The van der Waals surface area contributed by atoms with Crippen LogP contribution in [0.1, 0.15) is 68.1 Å². The zero-order chi connectivity index (χ0) is 27.5. The van der Waals surface area contributed by atoms with Gasteiger partial charge in [-0.2, -0.15) is 9.78 Å². The number of carbonyl (C=O) groups excluding carboxylic acids is 2. The van der Waals surface area contributed by atoms with Crippen LogP contribution in [0.2, 0.25) is 5.02 Å². The van der Waals surface area contributed by atoms with E-state index in [-0.39, 0.29) is 33.6 Å². The molecule has 2 aromatic heterocycles. The fourth-order valence-corrected chi connectivity index (χ4v) is 8.48. The first kappa shape index (κ1) is 26.2. The number of halogens is 1. The van der Waals surface area contributed by atoms with Gasteiger partial charge in [0, 0.05) is 26.1 Å². The van der Waals surface area contributed by atoms with Gasteiger partial charge in [0.15, 0.2) is 5.02 Å². The van der Waals surface area contributed by atoms with Crippen LogP contribution in [-0.4, -0.2) is 67.5 Å². The molecule has 2 atom stereocenters. The Hall–Kier alpha value is -2.99. The van der Waals surface area contributed by atoms with Crippen molar-refractivity contribution < 1.29 is 19.2 Å². The normalized spacial score (nSPS) is 29.6. The van der Waals surface area contributed by atoms with Crippen LogP contribution in [0.15, 0.2) is 6.20 Å². The second-order valence-corrected chi connectivity index (χ2v) is 12.3. The number of hydrogen-bond acceptors (Lipinski definition) is 7. The lowest BCUT2D eigenvalue weighted by molar-refractivity contribution is -0.389. The third kappa shape index (κ3) is 4.41. The van der Waals surface area contributed by atoms with E-state index in [0.29, 0.717) is 68.2 Å². The highest BCUT2D eigenvalue weighted by Crippen LogP contribution is 2.65. The lowest BCUT2D eigenvalue weighted by Crippen LogP contribution is -2.57. The number of morpholine rings is 1. The van der Waals surface area contributed by atoms with Crippen molar-refractivity contribution in [1.29, 1.82) is 0 Å². The fraction of sp³-hybridized carbons (Fsp3) is 0.692. The van der Waals surface area contributed by atoms with Crippen LogP contribution in [0.4, 0.5) is 11.5 Å². The van der Waals surface area contributed by atoms with Gasteiger partial charge in [-0.05, 0) is 74.5 Å². The lowest BCUT2D eigenvalue weighted by Gasteiger charge is -2.61. The predicted molar refractivity (Wildman–Crippen MR) is 142 cm³/mol. The molecule has 5 fully saturated rings. The van der Waals surface area contributed by atoms with Gasteiger partial charge in [0.05, 0.1) is 41.4 Å². The zero-order valence-electron chi connectivity index (χ0n) is 22.3. The molecule has 1 aliphatic heterocycles. The highest BCUT2D eigenvalue weighted by Gasteiger charge is 2.61. The number of carbonyl (C=O) groups is 2. The minimum atomic E-state index is -0.526. The maximum Gasteiger partial charge on any atom is 0.408 e.